The molecule has 0 atom stereocenters. The van der Waals surface area contributed by atoms with Gasteiger partial charge >= 0.3 is 0 Å². The molecule has 1 aliphatic rings. The molecule has 108 valence electrons. The van der Waals surface area contributed by atoms with Gasteiger partial charge in [-0.3, -0.25) is 9.59 Å². The molecular formula is C17H13N3O2. The number of fused-ring (bicyclic) bond motifs is 1. The summed E-state index contributed by atoms with van der Waals surface area (Å²) in [6.45, 7) is 0. The van der Waals surface area contributed by atoms with Gasteiger partial charge in [-0.25, -0.2) is 0 Å². The van der Waals surface area contributed by atoms with E-state index in [1.54, 1.807) is 42.5 Å². The van der Waals surface area contributed by atoms with Crippen LogP contribution in [-0.4, -0.2) is 11.8 Å². The third-order valence-corrected chi connectivity index (χ3v) is 3.51. The molecule has 5 nitrogen and oxygen atoms in total. The second-order valence-electron chi connectivity index (χ2n) is 5.07. The van der Waals surface area contributed by atoms with Crippen LogP contribution in [0.5, 0.6) is 0 Å². The fourth-order valence-electron chi connectivity index (χ4n) is 2.39. The topological polar surface area (TPSA) is 82.0 Å². The average Bonchev–Trinajstić information content (AvgIpc) is 2.54. The average molecular weight is 291 g/mol. The number of amides is 2. The monoisotopic (exact) mass is 291 g/mol. The van der Waals surface area contributed by atoms with E-state index in [1.165, 1.54) is 0 Å². The molecule has 1 heterocycles. The molecule has 0 bridgehead atoms. The van der Waals surface area contributed by atoms with Crippen molar-refractivity contribution in [2.75, 3.05) is 10.6 Å². The summed E-state index contributed by atoms with van der Waals surface area (Å²) in [5, 5.41) is 14.4. The molecule has 5 heteroatoms. The second-order valence-corrected chi connectivity index (χ2v) is 5.07. The Morgan fingerprint density at radius 1 is 1.18 bits per heavy atom. The normalized spacial score (nSPS) is 12.8. The largest absolute Gasteiger partial charge is 0.326 e. The first-order chi connectivity index (χ1) is 10.7. The molecule has 0 aromatic heterocycles. The van der Waals surface area contributed by atoms with Crippen LogP contribution in [0.4, 0.5) is 11.4 Å². The van der Waals surface area contributed by atoms with Crippen LogP contribution in [0.2, 0.25) is 0 Å². The van der Waals surface area contributed by atoms with Gasteiger partial charge in [0.15, 0.2) is 0 Å². The van der Waals surface area contributed by atoms with Gasteiger partial charge in [-0.1, -0.05) is 6.07 Å². The van der Waals surface area contributed by atoms with Crippen molar-refractivity contribution in [1.29, 1.82) is 5.26 Å². The van der Waals surface area contributed by atoms with E-state index in [2.05, 4.69) is 10.6 Å². The van der Waals surface area contributed by atoms with Gasteiger partial charge in [0.25, 0.3) is 5.91 Å². The van der Waals surface area contributed by atoms with E-state index in [0.717, 1.165) is 11.3 Å². The number of aryl methyl sites for hydroxylation is 1. The van der Waals surface area contributed by atoms with E-state index in [9.17, 15) is 9.59 Å². The lowest BCUT2D eigenvalue weighted by Crippen LogP contribution is -2.20. The fraction of sp³-hybridized carbons (Fsp3) is 0.118. The molecule has 2 aromatic rings. The first-order valence-electron chi connectivity index (χ1n) is 6.90. The van der Waals surface area contributed by atoms with Gasteiger partial charge in [0.2, 0.25) is 5.91 Å². The molecule has 3 rings (SSSR count). The Balaban J connectivity index is 1.81. The highest BCUT2D eigenvalue weighted by atomic mass is 16.2. The lowest BCUT2D eigenvalue weighted by atomic mass is 10.00. The molecule has 22 heavy (non-hydrogen) atoms. The van der Waals surface area contributed by atoms with Gasteiger partial charge in [0.1, 0.15) is 0 Å². The van der Waals surface area contributed by atoms with Gasteiger partial charge in [0.05, 0.1) is 11.6 Å². The van der Waals surface area contributed by atoms with Crippen molar-refractivity contribution >= 4 is 23.2 Å². The molecule has 0 saturated carbocycles. The Bertz CT molecular complexity index is 806. The van der Waals surface area contributed by atoms with Crippen LogP contribution in [0.15, 0.2) is 42.5 Å². The van der Waals surface area contributed by atoms with Gasteiger partial charge in [-0.15, -0.1) is 0 Å². The zero-order valence-corrected chi connectivity index (χ0v) is 11.7. The van der Waals surface area contributed by atoms with E-state index in [1.807, 2.05) is 6.07 Å². The smallest absolute Gasteiger partial charge is 0.255 e. The highest BCUT2D eigenvalue weighted by Gasteiger charge is 2.16. The minimum absolute atomic E-state index is 0.00183. The number of nitrogens with one attached hydrogen (secondary N) is 2. The van der Waals surface area contributed by atoms with E-state index in [4.69, 9.17) is 5.26 Å². The van der Waals surface area contributed by atoms with Crippen molar-refractivity contribution in [3.63, 3.8) is 0 Å². The van der Waals surface area contributed by atoms with E-state index in [-0.39, 0.29) is 11.8 Å². The van der Waals surface area contributed by atoms with Gasteiger partial charge in [-0.2, -0.15) is 5.26 Å². The lowest BCUT2D eigenvalue weighted by molar-refractivity contribution is -0.116. The maximum absolute atomic E-state index is 12.3. The molecular weight excluding hydrogens is 278 g/mol. The number of rotatable bonds is 2. The van der Waals surface area contributed by atoms with Gasteiger partial charge in [0, 0.05) is 23.4 Å². The number of benzene rings is 2. The summed E-state index contributed by atoms with van der Waals surface area (Å²) in [5.74, 6) is -0.243. The highest BCUT2D eigenvalue weighted by Crippen LogP contribution is 2.24. The number of nitrogens with zero attached hydrogens (tertiary/aromatic N) is 1. The molecule has 0 aliphatic carbocycles. The highest BCUT2D eigenvalue weighted by molar-refractivity contribution is 6.05. The Kier molecular flexibility index (Phi) is 3.58. The van der Waals surface area contributed by atoms with Crippen LogP contribution in [0.1, 0.15) is 27.9 Å². The molecule has 2 N–H and O–H groups in total. The van der Waals surface area contributed by atoms with Crippen LogP contribution < -0.4 is 10.6 Å². The maximum atomic E-state index is 12.3. The number of carbonyl (C=O) groups is 2. The molecule has 2 amide bonds. The Hall–Kier alpha value is -3.13. The zero-order valence-electron chi connectivity index (χ0n) is 11.7. The number of carbonyl (C=O) groups excluding carboxylic acids is 2. The summed E-state index contributed by atoms with van der Waals surface area (Å²) < 4.78 is 0. The summed E-state index contributed by atoms with van der Waals surface area (Å²) in [5.41, 5.74) is 3.32. The van der Waals surface area contributed by atoms with E-state index < -0.39 is 0 Å². The van der Waals surface area contributed by atoms with Crippen LogP contribution in [0.25, 0.3) is 0 Å². The standard InChI is InChI=1S/C17H13N3O2/c18-10-11-2-1-3-14(8-11)19-17(22)13-4-6-15-12(9-13)5-7-16(21)20-15/h1-4,6,8-9H,5,7H2,(H,19,22)(H,20,21). The number of nitriles is 1. The predicted octanol–water partition coefficient (Wildman–Crippen LogP) is 2.70. The molecule has 0 saturated heterocycles. The quantitative estimate of drug-likeness (QED) is 0.892. The summed E-state index contributed by atoms with van der Waals surface area (Å²) in [6.07, 6.45) is 1.06. The molecule has 0 spiro atoms. The predicted molar refractivity (Wildman–Crippen MR) is 82.5 cm³/mol. The first-order valence-corrected chi connectivity index (χ1v) is 6.90. The summed E-state index contributed by atoms with van der Waals surface area (Å²) >= 11 is 0. The Labute approximate surface area is 127 Å². The third-order valence-electron chi connectivity index (χ3n) is 3.51. The van der Waals surface area contributed by atoms with Gasteiger partial charge in [-0.05, 0) is 48.4 Å². The zero-order chi connectivity index (χ0) is 15.5. The van der Waals surface area contributed by atoms with Crippen LogP contribution in [-0.2, 0) is 11.2 Å². The summed E-state index contributed by atoms with van der Waals surface area (Å²) in [6, 6.07) is 14.0. The molecule has 1 aliphatic heterocycles. The lowest BCUT2D eigenvalue weighted by Gasteiger charge is -2.17. The molecule has 0 unspecified atom stereocenters. The molecule has 0 fully saturated rings. The molecule has 0 radical (unpaired) electrons. The third kappa shape index (κ3) is 2.81. The van der Waals surface area contributed by atoms with Crippen LogP contribution in [0, 0.1) is 11.3 Å². The van der Waals surface area contributed by atoms with Crippen molar-refractivity contribution in [2.45, 2.75) is 12.8 Å². The Morgan fingerprint density at radius 2 is 2.05 bits per heavy atom. The van der Waals surface area contributed by atoms with Crippen molar-refractivity contribution in [3.8, 4) is 6.07 Å². The first kappa shape index (κ1) is 13.8. The van der Waals surface area contributed by atoms with Crippen LogP contribution in [0.3, 0.4) is 0 Å². The van der Waals surface area contributed by atoms with Crippen molar-refractivity contribution in [3.05, 3.63) is 59.2 Å². The fourth-order valence-corrected chi connectivity index (χ4v) is 2.39. The minimum atomic E-state index is -0.241. The summed E-state index contributed by atoms with van der Waals surface area (Å²) in [4.78, 5) is 23.6. The minimum Gasteiger partial charge on any atom is -0.326 e. The van der Waals surface area contributed by atoms with Crippen molar-refractivity contribution in [2.24, 2.45) is 0 Å². The number of hydrogen-bond donors (Lipinski definition) is 2. The number of hydrogen-bond acceptors (Lipinski definition) is 3. The SMILES string of the molecule is N#Cc1cccc(NC(=O)c2ccc3c(c2)CCC(=O)N3)c1. The van der Waals surface area contributed by atoms with E-state index in [0.29, 0.717) is 29.7 Å². The maximum Gasteiger partial charge on any atom is 0.255 e. The van der Waals surface area contributed by atoms with E-state index >= 15 is 0 Å². The molecule has 2 aromatic carbocycles. The second kappa shape index (κ2) is 5.70. The Morgan fingerprint density at radius 3 is 2.86 bits per heavy atom. The van der Waals surface area contributed by atoms with Gasteiger partial charge < -0.3 is 10.6 Å². The van der Waals surface area contributed by atoms with Crippen molar-refractivity contribution in [1.82, 2.24) is 0 Å². The van der Waals surface area contributed by atoms with Crippen LogP contribution >= 0.6 is 0 Å². The van der Waals surface area contributed by atoms with Crippen molar-refractivity contribution < 1.29 is 9.59 Å². The summed E-state index contributed by atoms with van der Waals surface area (Å²) in [7, 11) is 0. The number of anilines is 2.